The summed E-state index contributed by atoms with van der Waals surface area (Å²) in [4.78, 5) is 13.6. The van der Waals surface area contributed by atoms with Crippen molar-refractivity contribution in [3.8, 4) is 0 Å². The quantitative estimate of drug-likeness (QED) is 0.802. The molecule has 0 aromatic carbocycles. The molecule has 1 amide bonds. The maximum atomic E-state index is 12.6. The van der Waals surface area contributed by atoms with Crippen LogP contribution in [0.1, 0.15) is 33.6 Å². The Balaban J connectivity index is 2.14. The highest BCUT2D eigenvalue weighted by Gasteiger charge is 2.36. The van der Waals surface area contributed by atoms with Gasteiger partial charge in [-0.05, 0) is 45.7 Å². The summed E-state index contributed by atoms with van der Waals surface area (Å²) in [5.41, 5.74) is -0.620. The highest BCUT2D eigenvalue weighted by atomic mass is 35.5. The van der Waals surface area contributed by atoms with E-state index in [4.69, 9.17) is 16.3 Å². The van der Waals surface area contributed by atoms with E-state index in [1.54, 1.807) is 20.8 Å². The van der Waals surface area contributed by atoms with E-state index < -0.39 is 26.8 Å². The number of likely N-dealkylation sites (tertiary alicyclic amines) is 1. The minimum absolute atomic E-state index is 0.0849. The molecule has 0 unspecified atom stereocenters. The van der Waals surface area contributed by atoms with Crippen LogP contribution in [0.3, 0.4) is 0 Å². The summed E-state index contributed by atoms with van der Waals surface area (Å²) in [7, 11) is -3.67. The molecule has 1 fully saturated rings. The number of hydrogen-bond donors (Lipinski definition) is 0. The Labute approximate surface area is 140 Å². The second-order valence-corrected chi connectivity index (χ2v) is 8.99. The number of ether oxygens (including phenoxy) is 1. The Kier molecular flexibility index (Phi) is 5.15. The zero-order chi connectivity index (χ0) is 17.3. The fraction of sp³-hybridized carbons (Fsp3) is 0.643. The molecule has 1 saturated heterocycles. The van der Waals surface area contributed by atoms with Crippen molar-refractivity contribution in [3.63, 3.8) is 0 Å². The number of rotatable bonds is 2. The number of carbonyl (C=O) groups excluding carboxylic acids is 1. The number of halogens is 1. The molecule has 128 valence electrons. The summed E-state index contributed by atoms with van der Waals surface area (Å²) < 4.78 is 30.6. The van der Waals surface area contributed by atoms with Gasteiger partial charge in [0.15, 0.2) is 10.2 Å². The summed E-state index contributed by atoms with van der Waals surface area (Å²) in [5, 5.41) is 6.50. The van der Waals surface area contributed by atoms with Gasteiger partial charge in [-0.3, -0.25) is 0 Å². The predicted molar refractivity (Wildman–Crippen MR) is 85.1 cm³/mol. The molecule has 2 heterocycles. The summed E-state index contributed by atoms with van der Waals surface area (Å²) in [6, 6.07) is 2.72. The van der Waals surface area contributed by atoms with Crippen molar-refractivity contribution in [2.24, 2.45) is 0 Å². The van der Waals surface area contributed by atoms with Gasteiger partial charge in [0.25, 0.3) is 0 Å². The van der Waals surface area contributed by atoms with Gasteiger partial charge in [-0.1, -0.05) is 11.6 Å². The van der Waals surface area contributed by atoms with Gasteiger partial charge < -0.3 is 9.64 Å². The average Bonchev–Trinajstić information content (AvgIpc) is 2.46. The maximum absolute atomic E-state index is 12.6. The third kappa shape index (κ3) is 4.54. The molecule has 0 N–H and O–H groups in total. The van der Waals surface area contributed by atoms with Crippen molar-refractivity contribution in [1.29, 1.82) is 0 Å². The molecule has 0 radical (unpaired) electrons. The lowest BCUT2D eigenvalue weighted by atomic mass is 10.1. The van der Waals surface area contributed by atoms with Crippen molar-refractivity contribution < 1.29 is 17.9 Å². The molecule has 2 rings (SSSR count). The molecule has 7 nitrogen and oxygen atoms in total. The molecular formula is C14H20ClN3O4S. The molecule has 1 aromatic rings. The first-order valence-corrected chi connectivity index (χ1v) is 9.23. The van der Waals surface area contributed by atoms with Crippen LogP contribution in [0.4, 0.5) is 4.79 Å². The first-order valence-electron chi connectivity index (χ1n) is 7.30. The molecule has 0 aliphatic carbocycles. The molecule has 1 aliphatic rings. The van der Waals surface area contributed by atoms with Gasteiger partial charge in [0.1, 0.15) is 5.60 Å². The van der Waals surface area contributed by atoms with Crippen LogP contribution >= 0.6 is 11.6 Å². The highest BCUT2D eigenvalue weighted by molar-refractivity contribution is 7.92. The monoisotopic (exact) mass is 361 g/mol. The van der Waals surface area contributed by atoms with Gasteiger partial charge in [0.05, 0.1) is 5.25 Å². The summed E-state index contributed by atoms with van der Waals surface area (Å²) in [6.45, 7) is 5.87. The molecule has 1 atom stereocenters. The number of amides is 1. The Bertz CT molecular complexity index is 670. The fourth-order valence-corrected chi connectivity index (χ4v) is 4.02. The van der Waals surface area contributed by atoms with Crippen molar-refractivity contribution in [2.75, 3.05) is 13.1 Å². The normalized spacial score (nSPS) is 19.5. The van der Waals surface area contributed by atoms with Gasteiger partial charge >= 0.3 is 6.09 Å². The van der Waals surface area contributed by atoms with Crippen molar-refractivity contribution in [3.05, 3.63) is 17.3 Å². The Morgan fingerprint density at radius 3 is 2.61 bits per heavy atom. The number of piperidine rings is 1. The number of carbonyl (C=O) groups is 1. The zero-order valence-electron chi connectivity index (χ0n) is 13.3. The van der Waals surface area contributed by atoms with Crippen molar-refractivity contribution in [1.82, 2.24) is 15.1 Å². The lowest BCUT2D eigenvalue weighted by Gasteiger charge is -2.33. The third-order valence-electron chi connectivity index (χ3n) is 3.37. The fourth-order valence-electron chi connectivity index (χ4n) is 2.31. The van der Waals surface area contributed by atoms with E-state index in [1.807, 2.05) is 0 Å². The van der Waals surface area contributed by atoms with Crippen LogP contribution in [0.15, 0.2) is 17.2 Å². The maximum Gasteiger partial charge on any atom is 0.410 e. The van der Waals surface area contributed by atoms with E-state index in [0.29, 0.717) is 19.4 Å². The van der Waals surface area contributed by atoms with Crippen LogP contribution in [0, 0.1) is 0 Å². The Morgan fingerprint density at radius 2 is 2.04 bits per heavy atom. The zero-order valence-corrected chi connectivity index (χ0v) is 14.9. The lowest BCUT2D eigenvalue weighted by Crippen LogP contribution is -2.47. The molecule has 1 aromatic heterocycles. The van der Waals surface area contributed by atoms with E-state index in [2.05, 4.69) is 10.2 Å². The topological polar surface area (TPSA) is 89.5 Å². The van der Waals surface area contributed by atoms with E-state index in [0.717, 1.165) is 0 Å². The molecule has 1 aliphatic heterocycles. The van der Waals surface area contributed by atoms with Crippen LogP contribution in [0.25, 0.3) is 0 Å². The molecule has 23 heavy (non-hydrogen) atoms. The first-order chi connectivity index (χ1) is 10.6. The number of aromatic nitrogens is 2. The van der Waals surface area contributed by atoms with Gasteiger partial charge in [-0.2, -0.15) is 0 Å². The van der Waals surface area contributed by atoms with Crippen LogP contribution in [-0.2, 0) is 14.6 Å². The van der Waals surface area contributed by atoms with Crippen LogP contribution in [0.5, 0.6) is 0 Å². The highest BCUT2D eigenvalue weighted by Crippen LogP contribution is 2.24. The lowest BCUT2D eigenvalue weighted by molar-refractivity contribution is 0.0219. The van der Waals surface area contributed by atoms with Crippen LogP contribution < -0.4 is 0 Å². The second kappa shape index (κ2) is 6.60. The van der Waals surface area contributed by atoms with E-state index >= 15 is 0 Å². The number of nitrogens with zero attached hydrogens (tertiary/aromatic N) is 3. The summed E-state index contributed by atoms with van der Waals surface area (Å²) >= 11 is 5.64. The summed E-state index contributed by atoms with van der Waals surface area (Å²) in [6.07, 6.45) is 0.551. The van der Waals surface area contributed by atoms with Gasteiger partial charge in [0.2, 0.25) is 9.84 Å². The summed E-state index contributed by atoms with van der Waals surface area (Å²) in [5.74, 6) is 0. The number of hydrogen-bond acceptors (Lipinski definition) is 6. The van der Waals surface area contributed by atoms with Crippen molar-refractivity contribution >= 4 is 27.5 Å². The molecule has 0 spiro atoms. The molecular weight excluding hydrogens is 342 g/mol. The largest absolute Gasteiger partial charge is 0.444 e. The van der Waals surface area contributed by atoms with Gasteiger partial charge in [-0.25, -0.2) is 13.2 Å². The number of sulfone groups is 1. The smallest absolute Gasteiger partial charge is 0.410 e. The molecule has 9 heteroatoms. The minimum atomic E-state index is -3.67. The molecule has 0 bridgehead atoms. The van der Waals surface area contributed by atoms with Crippen LogP contribution in [-0.4, -0.2) is 53.5 Å². The van der Waals surface area contributed by atoms with E-state index in [1.165, 1.54) is 17.0 Å². The van der Waals surface area contributed by atoms with Crippen LogP contribution in [0.2, 0.25) is 5.15 Å². The van der Waals surface area contributed by atoms with Crippen molar-refractivity contribution in [2.45, 2.75) is 49.5 Å². The van der Waals surface area contributed by atoms with E-state index in [9.17, 15) is 13.2 Å². The SMILES string of the molecule is CC(C)(C)OC(=O)N1CCC[C@@H](S(=O)(=O)c2ccc(Cl)nn2)C1. The standard InChI is InChI=1S/C14H20ClN3O4S/c1-14(2,3)22-13(19)18-8-4-5-10(9-18)23(20,21)12-7-6-11(15)16-17-12/h6-7,10H,4-5,8-9H2,1-3H3/t10-/m1/s1. The predicted octanol–water partition coefficient (Wildman–Crippen LogP) is 2.30. The third-order valence-corrected chi connectivity index (χ3v) is 5.63. The van der Waals surface area contributed by atoms with Gasteiger partial charge in [0, 0.05) is 13.1 Å². The minimum Gasteiger partial charge on any atom is -0.444 e. The second-order valence-electron chi connectivity index (χ2n) is 6.43. The first kappa shape index (κ1) is 17.9. The Hall–Kier alpha value is -1.41. The van der Waals surface area contributed by atoms with E-state index in [-0.39, 0.29) is 16.7 Å². The Morgan fingerprint density at radius 1 is 1.35 bits per heavy atom. The van der Waals surface area contributed by atoms with Gasteiger partial charge in [-0.15, -0.1) is 10.2 Å². The average molecular weight is 362 g/mol. The molecule has 0 saturated carbocycles.